The summed E-state index contributed by atoms with van der Waals surface area (Å²) < 4.78 is 29.3. The quantitative estimate of drug-likeness (QED) is 0.357. The van der Waals surface area contributed by atoms with Gasteiger partial charge in [-0.2, -0.15) is 9.49 Å². The van der Waals surface area contributed by atoms with E-state index in [1.807, 2.05) is 13.0 Å². The lowest BCUT2D eigenvalue weighted by molar-refractivity contribution is 0.643. The van der Waals surface area contributed by atoms with Gasteiger partial charge in [0.15, 0.2) is 16.6 Å². The molecule has 5 aromatic heterocycles. The van der Waals surface area contributed by atoms with Crippen LogP contribution in [0.3, 0.4) is 0 Å². The van der Waals surface area contributed by atoms with Crippen LogP contribution >= 0.6 is 11.3 Å². The van der Waals surface area contributed by atoms with Gasteiger partial charge in [-0.3, -0.25) is 10.1 Å². The largest absolute Gasteiger partial charge is 0.335 e. The van der Waals surface area contributed by atoms with Crippen LogP contribution in [0.2, 0.25) is 0 Å². The van der Waals surface area contributed by atoms with Gasteiger partial charge in [0.2, 0.25) is 0 Å². The van der Waals surface area contributed by atoms with Crippen LogP contribution in [0, 0.1) is 17.9 Å². The number of aromatic nitrogens is 6. The van der Waals surface area contributed by atoms with Crippen LogP contribution in [-0.2, 0) is 0 Å². The van der Waals surface area contributed by atoms with Gasteiger partial charge in [0, 0.05) is 40.2 Å². The van der Waals surface area contributed by atoms with Crippen molar-refractivity contribution >= 4 is 33.4 Å². The summed E-state index contributed by atoms with van der Waals surface area (Å²) in [6, 6.07) is 10.3. The summed E-state index contributed by atoms with van der Waals surface area (Å²) in [6.07, 6.45) is 4.94. The Balaban J connectivity index is 1.56. The average molecular weight is 444 g/mol. The average Bonchev–Trinajstić information content (AvgIpc) is 3.52. The lowest BCUT2D eigenvalue weighted by Crippen LogP contribution is -1.91. The molecule has 0 amide bonds. The Morgan fingerprint density at radius 3 is 2.66 bits per heavy atom. The molecule has 2 N–H and O–H groups in total. The first-order valence-corrected chi connectivity index (χ1v) is 10.6. The summed E-state index contributed by atoms with van der Waals surface area (Å²) in [4.78, 5) is 17.0. The predicted molar refractivity (Wildman–Crippen MR) is 120 cm³/mol. The second-order valence-electron chi connectivity index (χ2n) is 7.36. The molecule has 0 atom stereocenters. The smallest absolute Gasteiger partial charge is 0.178 e. The molecule has 0 fully saturated rings. The van der Waals surface area contributed by atoms with Crippen LogP contribution in [0.4, 0.5) is 8.78 Å². The second-order valence-corrected chi connectivity index (χ2v) is 8.39. The number of nitrogens with zero attached hydrogens (tertiary/aromatic N) is 4. The molecule has 0 bridgehead atoms. The van der Waals surface area contributed by atoms with E-state index in [4.69, 9.17) is 0 Å². The summed E-state index contributed by atoms with van der Waals surface area (Å²) in [5, 5.41) is 7.26. The molecule has 0 aliphatic carbocycles. The van der Waals surface area contributed by atoms with Crippen molar-refractivity contribution in [1.82, 2.24) is 30.1 Å². The first-order valence-electron chi connectivity index (χ1n) is 9.78. The van der Waals surface area contributed by atoms with Crippen molar-refractivity contribution in [2.45, 2.75) is 6.92 Å². The number of H-pyrrole nitrogens is 2. The Hall–Kier alpha value is -3.98. The fourth-order valence-corrected chi connectivity index (χ4v) is 4.65. The number of aryl methyl sites for hydroxylation is 1. The van der Waals surface area contributed by atoms with Gasteiger partial charge in [-0.05, 0) is 48.9 Å². The maximum Gasteiger partial charge on any atom is 0.178 e. The molecule has 0 saturated carbocycles. The number of pyridine rings is 2. The van der Waals surface area contributed by atoms with E-state index in [0.717, 1.165) is 27.3 Å². The zero-order valence-corrected chi connectivity index (χ0v) is 17.5. The highest BCUT2D eigenvalue weighted by atomic mass is 32.1. The standard InChI is InChI=1S/C23H14F2N6S/c1-11-6-8-26-10-14(11)12-2-3-15-18(19(12)25)21(31-30-15)23-28-20-13(7-9-27-22(20)29-23)16-4-5-17(24)32-16/h2-10H,1H3,(H,30,31)(H,27,28,29). The van der Waals surface area contributed by atoms with E-state index in [-0.39, 0.29) is 5.13 Å². The van der Waals surface area contributed by atoms with Crippen molar-refractivity contribution in [2.24, 2.45) is 0 Å². The van der Waals surface area contributed by atoms with Gasteiger partial charge in [-0.15, -0.1) is 11.3 Å². The number of halogens is 2. The van der Waals surface area contributed by atoms with E-state index in [9.17, 15) is 4.39 Å². The van der Waals surface area contributed by atoms with Crippen LogP contribution < -0.4 is 0 Å². The third-order valence-corrected chi connectivity index (χ3v) is 6.36. The van der Waals surface area contributed by atoms with Crippen molar-refractivity contribution in [1.29, 1.82) is 0 Å². The number of fused-ring (bicyclic) bond motifs is 2. The third-order valence-electron chi connectivity index (χ3n) is 5.45. The number of aromatic amines is 2. The highest BCUT2D eigenvalue weighted by Crippen LogP contribution is 2.36. The molecule has 5 heterocycles. The summed E-state index contributed by atoms with van der Waals surface area (Å²) >= 11 is 1.04. The van der Waals surface area contributed by atoms with Gasteiger partial charge >= 0.3 is 0 Å². The molecule has 0 spiro atoms. The minimum absolute atomic E-state index is 0.275. The first kappa shape index (κ1) is 18.8. The van der Waals surface area contributed by atoms with E-state index in [1.165, 1.54) is 6.07 Å². The van der Waals surface area contributed by atoms with Gasteiger partial charge in [-0.1, -0.05) is 0 Å². The van der Waals surface area contributed by atoms with Crippen molar-refractivity contribution in [3.05, 3.63) is 71.5 Å². The highest BCUT2D eigenvalue weighted by molar-refractivity contribution is 7.14. The van der Waals surface area contributed by atoms with Crippen LogP contribution in [0.5, 0.6) is 0 Å². The maximum atomic E-state index is 15.7. The van der Waals surface area contributed by atoms with Crippen molar-refractivity contribution in [2.75, 3.05) is 0 Å². The maximum absolute atomic E-state index is 15.7. The Kier molecular flexibility index (Phi) is 4.12. The monoisotopic (exact) mass is 444 g/mol. The molecule has 32 heavy (non-hydrogen) atoms. The molecule has 0 saturated heterocycles. The minimum Gasteiger partial charge on any atom is -0.335 e. The lowest BCUT2D eigenvalue weighted by atomic mass is 10.00. The Morgan fingerprint density at radius 1 is 0.938 bits per heavy atom. The molecule has 1 aromatic carbocycles. The molecular formula is C23H14F2N6S. The molecule has 6 nitrogen and oxygen atoms in total. The van der Waals surface area contributed by atoms with E-state index >= 15 is 4.39 Å². The Labute approximate surface area is 184 Å². The lowest BCUT2D eigenvalue weighted by Gasteiger charge is -2.07. The van der Waals surface area contributed by atoms with Gasteiger partial charge in [-0.25, -0.2) is 14.4 Å². The summed E-state index contributed by atoms with van der Waals surface area (Å²) in [5.74, 6) is -0.0292. The number of hydrogen-bond donors (Lipinski definition) is 2. The first-order chi connectivity index (χ1) is 15.6. The van der Waals surface area contributed by atoms with E-state index in [1.54, 1.807) is 42.9 Å². The zero-order chi connectivity index (χ0) is 21.8. The fraction of sp³-hybridized carbons (Fsp3) is 0.0435. The number of benzene rings is 1. The summed E-state index contributed by atoms with van der Waals surface area (Å²) in [6.45, 7) is 1.91. The molecule has 156 valence electrons. The van der Waals surface area contributed by atoms with Crippen LogP contribution in [0.1, 0.15) is 5.56 Å². The summed E-state index contributed by atoms with van der Waals surface area (Å²) in [7, 11) is 0. The number of nitrogens with one attached hydrogen (secondary N) is 2. The molecule has 6 rings (SSSR count). The number of thiophene rings is 1. The van der Waals surface area contributed by atoms with Gasteiger partial charge in [0.1, 0.15) is 11.5 Å². The second kappa shape index (κ2) is 7.03. The molecular weight excluding hydrogens is 430 g/mol. The fourth-order valence-electron chi connectivity index (χ4n) is 3.89. The van der Waals surface area contributed by atoms with E-state index < -0.39 is 5.82 Å². The van der Waals surface area contributed by atoms with Crippen molar-refractivity contribution < 1.29 is 8.78 Å². The van der Waals surface area contributed by atoms with E-state index in [0.29, 0.717) is 44.7 Å². The van der Waals surface area contributed by atoms with Gasteiger partial charge in [0.05, 0.1) is 16.4 Å². The third kappa shape index (κ3) is 2.82. The summed E-state index contributed by atoms with van der Waals surface area (Å²) in [5.41, 5.74) is 4.84. The van der Waals surface area contributed by atoms with Crippen LogP contribution in [0.25, 0.3) is 55.2 Å². The SMILES string of the molecule is Cc1ccncc1-c1ccc2[nH]nc(-c3nc4nccc(-c5ccc(F)s5)c4[nH]3)c2c1F. The van der Waals surface area contributed by atoms with Crippen molar-refractivity contribution in [3.63, 3.8) is 0 Å². The number of rotatable bonds is 3. The Bertz CT molecular complexity index is 1630. The molecule has 0 radical (unpaired) electrons. The molecule has 0 unspecified atom stereocenters. The highest BCUT2D eigenvalue weighted by Gasteiger charge is 2.21. The molecule has 0 aliphatic rings. The topological polar surface area (TPSA) is 83.1 Å². The van der Waals surface area contributed by atoms with Crippen LogP contribution in [0.15, 0.2) is 55.0 Å². The van der Waals surface area contributed by atoms with Gasteiger partial charge < -0.3 is 4.98 Å². The molecule has 0 aliphatic heterocycles. The minimum atomic E-state index is -0.406. The molecule has 9 heteroatoms. The van der Waals surface area contributed by atoms with Crippen LogP contribution in [-0.4, -0.2) is 30.1 Å². The van der Waals surface area contributed by atoms with Crippen molar-refractivity contribution in [3.8, 4) is 33.1 Å². The van der Waals surface area contributed by atoms with Gasteiger partial charge in [0.25, 0.3) is 0 Å². The van der Waals surface area contributed by atoms with E-state index in [2.05, 4.69) is 30.1 Å². The Morgan fingerprint density at radius 2 is 1.84 bits per heavy atom. The normalized spacial score (nSPS) is 11.6. The number of imidazole rings is 1. The molecule has 6 aromatic rings. The predicted octanol–water partition coefficient (Wildman–Crippen LogP) is 5.88. The number of hydrogen-bond acceptors (Lipinski definition) is 5. The zero-order valence-electron chi connectivity index (χ0n) is 16.6.